The maximum Gasteiger partial charge on any atom is 0.416 e. The van der Waals surface area contributed by atoms with Crippen LogP contribution >= 0.6 is 0 Å². The maximum absolute atomic E-state index is 13.1. The van der Waals surface area contributed by atoms with Crippen LogP contribution < -0.4 is 11.1 Å². The standard InChI is InChI=1S/C17H13F3N2O5/c1-26-14(23)9-22-13-7-10(17(18,19)20)4-5-12(13)21(15(24)16(22)25)8-11-3-2-6-27-11/h2-7H,8-9H2,1H3. The fourth-order valence-electron chi connectivity index (χ4n) is 2.66. The fraction of sp³-hybridized carbons (Fsp3) is 0.235. The van der Waals surface area contributed by atoms with Crippen molar-refractivity contribution in [1.29, 1.82) is 0 Å². The van der Waals surface area contributed by atoms with E-state index in [2.05, 4.69) is 4.74 Å². The smallest absolute Gasteiger partial charge is 0.416 e. The monoisotopic (exact) mass is 382 g/mol. The molecule has 142 valence electrons. The van der Waals surface area contributed by atoms with Crippen LogP contribution in [0.1, 0.15) is 11.3 Å². The number of fused-ring (bicyclic) bond motifs is 1. The van der Waals surface area contributed by atoms with E-state index in [1.165, 1.54) is 6.26 Å². The van der Waals surface area contributed by atoms with Crippen LogP contribution in [-0.2, 0) is 28.8 Å². The second-order valence-corrected chi connectivity index (χ2v) is 5.64. The minimum absolute atomic E-state index is 0.0490. The normalized spacial score (nSPS) is 11.7. The summed E-state index contributed by atoms with van der Waals surface area (Å²) < 4.78 is 50.6. The van der Waals surface area contributed by atoms with Gasteiger partial charge in [-0.05, 0) is 30.3 Å². The number of rotatable bonds is 4. The van der Waals surface area contributed by atoms with E-state index < -0.39 is 35.4 Å². The Morgan fingerprint density at radius 1 is 1.11 bits per heavy atom. The van der Waals surface area contributed by atoms with Gasteiger partial charge in [-0.2, -0.15) is 13.2 Å². The Hall–Kier alpha value is -3.30. The number of nitrogens with zero attached hydrogens (tertiary/aromatic N) is 2. The van der Waals surface area contributed by atoms with Gasteiger partial charge in [-0.3, -0.25) is 23.5 Å². The second kappa shape index (κ2) is 6.78. The summed E-state index contributed by atoms with van der Waals surface area (Å²) in [4.78, 5) is 36.5. The Kier molecular flexibility index (Phi) is 4.64. The molecule has 0 N–H and O–H groups in total. The number of furan rings is 1. The van der Waals surface area contributed by atoms with E-state index in [4.69, 9.17) is 4.42 Å². The number of methoxy groups -OCH3 is 1. The Morgan fingerprint density at radius 2 is 1.81 bits per heavy atom. The molecule has 2 aromatic heterocycles. The largest absolute Gasteiger partial charge is 0.468 e. The maximum atomic E-state index is 13.1. The molecule has 0 fully saturated rings. The molecule has 0 aliphatic heterocycles. The van der Waals surface area contributed by atoms with Crippen molar-refractivity contribution in [3.05, 3.63) is 68.6 Å². The zero-order chi connectivity index (χ0) is 19.8. The summed E-state index contributed by atoms with van der Waals surface area (Å²) in [7, 11) is 1.06. The summed E-state index contributed by atoms with van der Waals surface area (Å²) in [6.45, 7) is -0.841. The number of halogens is 3. The Labute approximate surface area is 149 Å². The zero-order valence-corrected chi connectivity index (χ0v) is 13.9. The Morgan fingerprint density at radius 3 is 2.41 bits per heavy atom. The molecule has 3 rings (SSSR count). The van der Waals surface area contributed by atoms with Gasteiger partial charge in [-0.25, -0.2) is 0 Å². The summed E-state index contributed by atoms with van der Waals surface area (Å²) in [5.41, 5.74) is -3.32. The molecular weight excluding hydrogens is 369 g/mol. The van der Waals surface area contributed by atoms with Gasteiger partial charge >= 0.3 is 23.3 Å². The van der Waals surface area contributed by atoms with Crippen LogP contribution in [0.5, 0.6) is 0 Å². The van der Waals surface area contributed by atoms with Crippen LogP contribution in [0.2, 0.25) is 0 Å². The van der Waals surface area contributed by atoms with E-state index in [9.17, 15) is 27.6 Å². The van der Waals surface area contributed by atoms with Gasteiger partial charge in [0.05, 0.1) is 36.5 Å². The van der Waals surface area contributed by atoms with Gasteiger partial charge in [-0.1, -0.05) is 0 Å². The fourth-order valence-corrected chi connectivity index (χ4v) is 2.66. The average Bonchev–Trinajstić information content (AvgIpc) is 3.14. The van der Waals surface area contributed by atoms with Gasteiger partial charge in [0, 0.05) is 0 Å². The average molecular weight is 382 g/mol. The third-order valence-corrected chi connectivity index (χ3v) is 3.97. The molecule has 1 aromatic carbocycles. The Bertz CT molecular complexity index is 1110. The number of carbonyl (C=O) groups excluding carboxylic acids is 1. The number of hydrogen-bond acceptors (Lipinski definition) is 5. The first kappa shape index (κ1) is 18.5. The number of esters is 1. The van der Waals surface area contributed by atoms with Crippen LogP contribution in [-0.4, -0.2) is 22.2 Å². The minimum atomic E-state index is -4.66. The lowest BCUT2D eigenvalue weighted by Crippen LogP contribution is -2.42. The van der Waals surface area contributed by atoms with Crippen LogP contribution in [0.3, 0.4) is 0 Å². The molecule has 10 heteroatoms. The third kappa shape index (κ3) is 3.50. The van der Waals surface area contributed by atoms with E-state index in [1.807, 2.05) is 0 Å². The van der Waals surface area contributed by atoms with Gasteiger partial charge in [0.1, 0.15) is 12.3 Å². The molecule has 3 aromatic rings. The van der Waals surface area contributed by atoms with E-state index in [0.29, 0.717) is 10.3 Å². The van der Waals surface area contributed by atoms with Crippen molar-refractivity contribution in [3.8, 4) is 0 Å². The molecule has 0 atom stereocenters. The van der Waals surface area contributed by atoms with E-state index in [1.54, 1.807) is 12.1 Å². The lowest BCUT2D eigenvalue weighted by Gasteiger charge is -2.15. The topological polar surface area (TPSA) is 83.4 Å². The zero-order valence-electron chi connectivity index (χ0n) is 13.9. The van der Waals surface area contributed by atoms with Gasteiger partial charge in [0.25, 0.3) is 0 Å². The van der Waals surface area contributed by atoms with Crippen molar-refractivity contribution in [2.24, 2.45) is 0 Å². The highest BCUT2D eigenvalue weighted by molar-refractivity contribution is 5.79. The van der Waals surface area contributed by atoms with Crippen molar-refractivity contribution < 1.29 is 27.1 Å². The summed E-state index contributed by atoms with van der Waals surface area (Å²) in [5, 5.41) is 0. The van der Waals surface area contributed by atoms with Crippen LogP contribution in [0.4, 0.5) is 13.2 Å². The van der Waals surface area contributed by atoms with Crippen LogP contribution in [0, 0.1) is 0 Å². The molecule has 2 heterocycles. The summed E-state index contributed by atoms with van der Waals surface area (Å²) in [5.74, 6) is -0.539. The molecular formula is C17H13F3N2O5. The number of hydrogen-bond donors (Lipinski definition) is 0. The second-order valence-electron chi connectivity index (χ2n) is 5.64. The summed E-state index contributed by atoms with van der Waals surface area (Å²) in [6.07, 6.45) is -3.30. The van der Waals surface area contributed by atoms with Crippen molar-refractivity contribution in [3.63, 3.8) is 0 Å². The first-order valence-corrected chi connectivity index (χ1v) is 7.66. The number of aromatic nitrogens is 2. The summed E-state index contributed by atoms with van der Waals surface area (Å²) >= 11 is 0. The van der Waals surface area contributed by atoms with Crippen LogP contribution in [0.15, 0.2) is 50.6 Å². The number of benzene rings is 1. The molecule has 0 bridgehead atoms. The number of alkyl halides is 3. The van der Waals surface area contributed by atoms with Gasteiger partial charge in [-0.15, -0.1) is 0 Å². The van der Waals surface area contributed by atoms with Crippen LogP contribution in [0.25, 0.3) is 11.0 Å². The molecule has 0 unspecified atom stereocenters. The SMILES string of the molecule is COC(=O)Cn1c(=O)c(=O)n(Cc2ccco2)c2ccc(C(F)(F)F)cc21. The molecule has 0 saturated carbocycles. The molecule has 0 aliphatic rings. The molecule has 0 amide bonds. The molecule has 0 radical (unpaired) electrons. The van der Waals surface area contributed by atoms with Crippen molar-refractivity contribution in [2.45, 2.75) is 19.3 Å². The van der Waals surface area contributed by atoms with Gasteiger partial charge in [0.15, 0.2) is 0 Å². The van der Waals surface area contributed by atoms with Gasteiger partial charge in [0.2, 0.25) is 0 Å². The van der Waals surface area contributed by atoms with Crippen molar-refractivity contribution in [2.75, 3.05) is 7.11 Å². The molecule has 0 aliphatic carbocycles. The number of ether oxygens (including phenoxy) is 1. The lowest BCUT2D eigenvalue weighted by molar-refractivity contribution is -0.141. The highest BCUT2D eigenvalue weighted by Crippen LogP contribution is 2.31. The van der Waals surface area contributed by atoms with Gasteiger partial charge < -0.3 is 9.15 Å². The number of carbonyl (C=O) groups is 1. The van der Waals surface area contributed by atoms with E-state index in [-0.39, 0.29) is 17.6 Å². The quantitative estimate of drug-likeness (QED) is 0.509. The minimum Gasteiger partial charge on any atom is -0.468 e. The molecule has 0 spiro atoms. The van der Waals surface area contributed by atoms with E-state index in [0.717, 1.165) is 29.9 Å². The molecule has 0 saturated heterocycles. The lowest BCUT2D eigenvalue weighted by atomic mass is 10.1. The van der Waals surface area contributed by atoms with E-state index >= 15 is 0 Å². The molecule has 27 heavy (non-hydrogen) atoms. The first-order valence-electron chi connectivity index (χ1n) is 7.66. The molecule has 7 nitrogen and oxygen atoms in total. The highest BCUT2D eigenvalue weighted by atomic mass is 19.4. The predicted molar refractivity (Wildman–Crippen MR) is 87.3 cm³/mol. The highest BCUT2D eigenvalue weighted by Gasteiger charge is 2.31. The van der Waals surface area contributed by atoms with Crippen molar-refractivity contribution >= 4 is 17.0 Å². The van der Waals surface area contributed by atoms with Crippen molar-refractivity contribution in [1.82, 2.24) is 9.13 Å². The summed E-state index contributed by atoms with van der Waals surface area (Å²) in [6, 6.07) is 5.73. The third-order valence-electron chi connectivity index (χ3n) is 3.97. The predicted octanol–water partition coefficient (Wildman–Crippen LogP) is 2.00. The first-order chi connectivity index (χ1) is 12.7. The Balaban J connectivity index is 2.33.